The number of benzene rings is 2. The van der Waals surface area contributed by atoms with Gasteiger partial charge in [0.2, 0.25) is 15.9 Å². The van der Waals surface area contributed by atoms with Crippen LogP contribution in [0.5, 0.6) is 0 Å². The third-order valence-corrected chi connectivity index (χ3v) is 5.50. The fraction of sp³-hybridized carbons (Fsp3) is 0.235. The molecule has 2 aromatic carbocycles. The Bertz CT molecular complexity index is 868. The summed E-state index contributed by atoms with van der Waals surface area (Å²) in [6.07, 6.45) is 1.41. The number of halogens is 1. The monoisotopic (exact) mass is 364 g/mol. The van der Waals surface area contributed by atoms with Crippen molar-refractivity contribution in [2.45, 2.75) is 24.3 Å². The second-order valence-electron chi connectivity index (χ2n) is 5.60. The average Bonchev–Trinajstić information content (AvgIpc) is 2.99. The number of amides is 1. The maximum atomic E-state index is 12.3. The van der Waals surface area contributed by atoms with E-state index < -0.39 is 10.0 Å². The third kappa shape index (κ3) is 3.77. The second kappa shape index (κ2) is 6.93. The van der Waals surface area contributed by atoms with E-state index >= 15 is 0 Å². The number of rotatable bonds is 5. The molecule has 0 spiro atoms. The Labute approximate surface area is 146 Å². The first kappa shape index (κ1) is 17.0. The van der Waals surface area contributed by atoms with Crippen LogP contribution in [-0.2, 0) is 21.4 Å². The maximum absolute atomic E-state index is 12.3. The molecule has 24 heavy (non-hydrogen) atoms. The van der Waals surface area contributed by atoms with Crippen LogP contribution in [0.25, 0.3) is 0 Å². The molecule has 0 aliphatic carbocycles. The molecule has 0 atom stereocenters. The van der Waals surface area contributed by atoms with Crippen molar-refractivity contribution >= 4 is 33.2 Å². The first-order chi connectivity index (χ1) is 11.5. The van der Waals surface area contributed by atoms with E-state index in [0.29, 0.717) is 18.0 Å². The van der Waals surface area contributed by atoms with Crippen molar-refractivity contribution in [3.8, 4) is 0 Å². The molecule has 126 valence electrons. The van der Waals surface area contributed by atoms with Gasteiger partial charge in [0.25, 0.3) is 0 Å². The van der Waals surface area contributed by atoms with E-state index in [1.807, 2.05) is 24.3 Å². The summed E-state index contributed by atoms with van der Waals surface area (Å²) < 4.78 is 27.2. The molecule has 1 saturated heterocycles. The van der Waals surface area contributed by atoms with Crippen LogP contribution in [0.1, 0.15) is 18.4 Å². The van der Waals surface area contributed by atoms with Crippen molar-refractivity contribution in [1.29, 1.82) is 0 Å². The van der Waals surface area contributed by atoms with E-state index in [1.54, 1.807) is 17.0 Å². The predicted molar refractivity (Wildman–Crippen MR) is 93.5 cm³/mol. The smallest absolute Gasteiger partial charge is 0.240 e. The lowest BCUT2D eigenvalue weighted by molar-refractivity contribution is -0.117. The summed E-state index contributed by atoms with van der Waals surface area (Å²) in [7, 11) is -3.64. The second-order valence-corrected chi connectivity index (χ2v) is 7.80. The van der Waals surface area contributed by atoms with Crippen LogP contribution in [0, 0.1) is 0 Å². The Hall–Kier alpha value is -1.89. The number of anilines is 1. The number of sulfonamides is 1. The molecule has 2 aromatic rings. The van der Waals surface area contributed by atoms with E-state index in [1.165, 1.54) is 12.1 Å². The van der Waals surface area contributed by atoms with Gasteiger partial charge in [-0.3, -0.25) is 4.79 Å². The first-order valence-electron chi connectivity index (χ1n) is 7.60. The maximum Gasteiger partial charge on any atom is 0.240 e. The van der Waals surface area contributed by atoms with Gasteiger partial charge in [0.1, 0.15) is 0 Å². The van der Waals surface area contributed by atoms with Crippen molar-refractivity contribution in [2.75, 3.05) is 11.4 Å². The van der Waals surface area contributed by atoms with Crippen LogP contribution < -0.4 is 9.62 Å². The van der Waals surface area contributed by atoms with Gasteiger partial charge in [0.05, 0.1) is 4.90 Å². The molecule has 3 rings (SSSR count). The molecule has 1 amide bonds. The third-order valence-electron chi connectivity index (χ3n) is 3.87. The average molecular weight is 365 g/mol. The summed E-state index contributed by atoms with van der Waals surface area (Å²) in [5, 5.41) is 0.368. The number of hydrogen-bond donors (Lipinski definition) is 1. The Morgan fingerprint density at radius 2 is 1.92 bits per heavy atom. The number of carbonyl (C=O) groups excluding carboxylic acids is 1. The van der Waals surface area contributed by atoms with Gasteiger partial charge >= 0.3 is 0 Å². The summed E-state index contributed by atoms with van der Waals surface area (Å²) in [4.78, 5) is 13.7. The van der Waals surface area contributed by atoms with E-state index in [0.717, 1.165) is 17.7 Å². The molecule has 1 aliphatic rings. The Balaban J connectivity index is 1.74. The summed E-state index contributed by atoms with van der Waals surface area (Å²) >= 11 is 5.85. The predicted octanol–water partition coefficient (Wildman–Crippen LogP) is 2.95. The van der Waals surface area contributed by atoms with E-state index in [2.05, 4.69) is 4.72 Å². The fourth-order valence-corrected chi connectivity index (χ4v) is 3.97. The largest absolute Gasteiger partial charge is 0.312 e. The zero-order valence-corrected chi connectivity index (χ0v) is 14.5. The molecule has 1 fully saturated rings. The van der Waals surface area contributed by atoms with Gasteiger partial charge in [-0.05, 0) is 42.3 Å². The van der Waals surface area contributed by atoms with Crippen LogP contribution >= 0.6 is 11.6 Å². The van der Waals surface area contributed by atoms with Crippen molar-refractivity contribution in [2.24, 2.45) is 0 Å². The molecule has 1 heterocycles. The van der Waals surface area contributed by atoms with Crippen LogP contribution in [-0.4, -0.2) is 20.9 Å². The van der Waals surface area contributed by atoms with Crippen molar-refractivity contribution in [3.63, 3.8) is 0 Å². The minimum Gasteiger partial charge on any atom is -0.312 e. The zero-order valence-electron chi connectivity index (χ0n) is 12.9. The Morgan fingerprint density at radius 3 is 2.62 bits per heavy atom. The lowest BCUT2D eigenvalue weighted by atomic mass is 10.2. The van der Waals surface area contributed by atoms with E-state index in [4.69, 9.17) is 11.6 Å². The number of carbonyl (C=O) groups is 1. The van der Waals surface area contributed by atoms with Crippen LogP contribution in [0.3, 0.4) is 0 Å². The van der Waals surface area contributed by atoms with Gasteiger partial charge in [0.15, 0.2) is 0 Å². The number of nitrogens with zero attached hydrogens (tertiary/aromatic N) is 1. The molecule has 7 heteroatoms. The van der Waals surface area contributed by atoms with Gasteiger partial charge < -0.3 is 4.90 Å². The normalized spacial score (nSPS) is 15.0. The molecule has 0 unspecified atom stereocenters. The van der Waals surface area contributed by atoms with Crippen molar-refractivity contribution in [3.05, 3.63) is 59.1 Å². The highest BCUT2D eigenvalue weighted by atomic mass is 35.5. The zero-order chi connectivity index (χ0) is 17.2. The van der Waals surface area contributed by atoms with Gasteiger partial charge in [-0.25, -0.2) is 13.1 Å². The molecule has 1 aliphatic heterocycles. The standard InChI is InChI=1S/C17H17ClN2O3S/c18-14-5-2-7-16(11-14)24(22,23)19-12-13-4-1-6-15(10-13)20-9-3-8-17(20)21/h1-2,4-7,10-11,19H,3,8-9,12H2. The van der Waals surface area contributed by atoms with Gasteiger partial charge in [-0.2, -0.15) is 0 Å². The number of hydrogen-bond acceptors (Lipinski definition) is 3. The van der Waals surface area contributed by atoms with E-state index in [9.17, 15) is 13.2 Å². The minimum atomic E-state index is -3.64. The summed E-state index contributed by atoms with van der Waals surface area (Å²) in [6, 6.07) is 13.5. The molecular formula is C17H17ClN2O3S. The summed E-state index contributed by atoms with van der Waals surface area (Å²) in [6.45, 7) is 0.848. The summed E-state index contributed by atoms with van der Waals surface area (Å²) in [5.41, 5.74) is 1.59. The lowest BCUT2D eigenvalue weighted by Gasteiger charge is -2.16. The van der Waals surface area contributed by atoms with Gasteiger partial charge in [-0.15, -0.1) is 0 Å². The van der Waals surface area contributed by atoms with E-state index in [-0.39, 0.29) is 17.3 Å². The van der Waals surface area contributed by atoms with Gasteiger partial charge in [0, 0.05) is 30.2 Å². The molecule has 0 bridgehead atoms. The van der Waals surface area contributed by atoms with Crippen LogP contribution in [0.4, 0.5) is 5.69 Å². The summed E-state index contributed by atoms with van der Waals surface area (Å²) in [5.74, 6) is 0.103. The lowest BCUT2D eigenvalue weighted by Crippen LogP contribution is -2.25. The Morgan fingerprint density at radius 1 is 1.12 bits per heavy atom. The molecular weight excluding hydrogens is 348 g/mol. The first-order valence-corrected chi connectivity index (χ1v) is 9.46. The highest BCUT2D eigenvalue weighted by Gasteiger charge is 2.22. The highest BCUT2D eigenvalue weighted by Crippen LogP contribution is 2.22. The topological polar surface area (TPSA) is 66.5 Å². The van der Waals surface area contributed by atoms with Crippen molar-refractivity contribution in [1.82, 2.24) is 4.72 Å². The molecule has 1 N–H and O–H groups in total. The molecule has 0 saturated carbocycles. The van der Waals surface area contributed by atoms with Crippen LogP contribution in [0.15, 0.2) is 53.4 Å². The van der Waals surface area contributed by atoms with Crippen LogP contribution in [0.2, 0.25) is 5.02 Å². The van der Waals surface area contributed by atoms with Crippen molar-refractivity contribution < 1.29 is 13.2 Å². The fourth-order valence-electron chi connectivity index (χ4n) is 2.65. The molecule has 0 radical (unpaired) electrons. The van der Waals surface area contributed by atoms with Gasteiger partial charge in [-0.1, -0.05) is 29.8 Å². The Kier molecular flexibility index (Phi) is 4.89. The molecule has 0 aromatic heterocycles. The quantitative estimate of drug-likeness (QED) is 0.887. The highest BCUT2D eigenvalue weighted by molar-refractivity contribution is 7.89. The molecule has 5 nitrogen and oxygen atoms in total. The number of nitrogens with one attached hydrogen (secondary N) is 1. The SMILES string of the molecule is O=C1CCCN1c1cccc(CNS(=O)(=O)c2cccc(Cl)c2)c1. The minimum absolute atomic E-state index is 0.103.